The third-order valence-electron chi connectivity index (χ3n) is 3.41. The highest BCUT2D eigenvalue weighted by Gasteiger charge is 2.16. The number of nitrogens with zero attached hydrogens (tertiary/aromatic N) is 3. The van der Waals surface area contributed by atoms with Crippen LogP contribution in [0.2, 0.25) is 10.0 Å². The smallest absolute Gasteiger partial charge is 0.276 e. The van der Waals surface area contributed by atoms with Crippen LogP contribution in [-0.4, -0.2) is 25.9 Å². The van der Waals surface area contributed by atoms with Crippen molar-refractivity contribution in [2.45, 2.75) is 13.5 Å². The molecule has 24 heavy (non-hydrogen) atoms. The number of aromatic amines is 1. The van der Waals surface area contributed by atoms with Gasteiger partial charge in [-0.1, -0.05) is 29.3 Å². The highest BCUT2D eigenvalue weighted by Crippen LogP contribution is 2.21. The van der Waals surface area contributed by atoms with Crippen molar-refractivity contribution in [2.24, 2.45) is 0 Å². The first-order valence-corrected chi connectivity index (χ1v) is 7.69. The summed E-state index contributed by atoms with van der Waals surface area (Å²) in [7, 11) is 0. The van der Waals surface area contributed by atoms with Crippen molar-refractivity contribution in [1.29, 1.82) is 0 Å². The van der Waals surface area contributed by atoms with Crippen molar-refractivity contribution < 1.29 is 9.18 Å². The van der Waals surface area contributed by atoms with Gasteiger partial charge in [0.15, 0.2) is 5.82 Å². The molecule has 0 atom stereocenters. The molecule has 6 nitrogen and oxygen atoms in total. The van der Waals surface area contributed by atoms with Crippen molar-refractivity contribution in [3.63, 3.8) is 0 Å². The predicted octanol–water partition coefficient (Wildman–Crippen LogP) is 3.66. The van der Waals surface area contributed by atoms with Crippen LogP contribution in [0, 0.1) is 12.7 Å². The van der Waals surface area contributed by atoms with Gasteiger partial charge in [-0.25, -0.2) is 4.39 Å². The maximum Gasteiger partial charge on any atom is 0.276 e. The highest BCUT2D eigenvalue weighted by molar-refractivity contribution is 6.34. The number of aryl methyl sites for hydroxylation is 1. The van der Waals surface area contributed by atoms with Gasteiger partial charge < -0.3 is 5.32 Å². The Bertz CT molecular complexity index is 885. The normalized spacial score (nSPS) is 10.8. The van der Waals surface area contributed by atoms with Crippen LogP contribution in [0.3, 0.4) is 0 Å². The first-order valence-electron chi connectivity index (χ1n) is 6.93. The first kappa shape index (κ1) is 16.5. The summed E-state index contributed by atoms with van der Waals surface area (Å²) >= 11 is 11.9. The van der Waals surface area contributed by atoms with Gasteiger partial charge >= 0.3 is 0 Å². The van der Waals surface area contributed by atoms with Crippen molar-refractivity contribution in [2.75, 3.05) is 5.32 Å². The molecule has 2 heterocycles. The number of amides is 1. The molecule has 0 aliphatic heterocycles. The largest absolute Gasteiger partial charge is 0.304 e. The van der Waals surface area contributed by atoms with E-state index in [9.17, 15) is 9.18 Å². The van der Waals surface area contributed by atoms with Gasteiger partial charge in [-0.05, 0) is 19.1 Å². The van der Waals surface area contributed by atoms with E-state index in [2.05, 4.69) is 20.6 Å². The van der Waals surface area contributed by atoms with Crippen molar-refractivity contribution in [1.82, 2.24) is 20.0 Å². The number of hydrogen-bond donors (Lipinski definition) is 2. The molecular weight excluding hydrogens is 356 g/mol. The topological polar surface area (TPSA) is 75.6 Å². The average Bonchev–Trinajstić information content (AvgIpc) is 3.09. The lowest BCUT2D eigenvalue weighted by Gasteiger charge is -2.07. The molecule has 0 saturated heterocycles. The molecule has 0 bridgehead atoms. The van der Waals surface area contributed by atoms with Crippen LogP contribution in [-0.2, 0) is 6.54 Å². The predicted molar refractivity (Wildman–Crippen MR) is 89.0 cm³/mol. The van der Waals surface area contributed by atoms with E-state index in [4.69, 9.17) is 23.2 Å². The SMILES string of the molecule is Cc1cc(NC(=O)c2[nH]ncc2Cl)nn1Cc1c(F)cccc1Cl. The Kier molecular flexibility index (Phi) is 4.55. The quantitative estimate of drug-likeness (QED) is 0.738. The van der Waals surface area contributed by atoms with Gasteiger partial charge in [0, 0.05) is 22.3 Å². The van der Waals surface area contributed by atoms with E-state index in [-0.39, 0.29) is 17.3 Å². The molecule has 1 amide bonds. The molecule has 3 aromatic rings. The fraction of sp³-hybridized carbons (Fsp3) is 0.133. The second-order valence-electron chi connectivity index (χ2n) is 5.08. The molecule has 0 aliphatic rings. The van der Waals surface area contributed by atoms with Crippen LogP contribution in [0.1, 0.15) is 21.7 Å². The van der Waals surface area contributed by atoms with Gasteiger partial charge in [0.25, 0.3) is 5.91 Å². The fourth-order valence-electron chi connectivity index (χ4n) is 2.17. The van der Waals surface area contributed by atoms with Crippen LogP contribution in [0.25, 0.3) is 0 Å². The second-order valence-corrected chi connectivity index (χ2v) is 5.89. The van der Waals surface area contributed by atoms with Gasteiger partial charge in [-0.3, -0.25) is 14.6 Å². The highest BCUT2D eigenvalue weighted by atomic mass is 35.5. The Labute approximate surface area is 146 Å². The van der Waals surface area contributed by atoms with Crippen molar-refractivity contribution >= 4 is 34.9 Å². The summed E-state index contributed by atoms with van der Waals surface area (Å²) in [6.45, 7) is 1.94. The Balaban J connectivity index is 1.81. The van der Waals surface area contributed by atoms with Crippen LogP contribution in [0.15, 0.2) is 30.5 Å². The van der Waals surface area contributed by atoms with Crippen molar-refractivity contribution in [3.05, 3.63) is 63.3 Å². The number of hydrogen-bond acceptors (Lipinski definition) is 3. The van der Waals surface area contributed by atoms with Crippen LogP contribution >= 0.6 is 23.2 Å². The number of anilines is 1. The number of halogens is 3. The van der Waals surface area contributed by atoms with E-state index in [1.165, 1.54) is 18.3 Å². The molecule has 0 unspecified atom stereocenters. The maximum absolute atomic E-state index is 13.9. The van der Waals surface area contributed by atoms with Gasteiger partial charge in [0.2, 0.25) is 0 Å². The zero-order chi connectivity index (χ0) is 17.3. The summed E-state index contributed by atoms with van der Waals surface area (Å²) in [6.07, 6.45) is 1.33. The summed E-state index contributed by atoms with van der Waals surface area (Å²) in [5, 5.41) is 13.6. The summed E-state index contributed by atoms with van der Waals surface area (Å²) in [5.74, 6) is -0.561. The van der Waals surface area contributed by atoms with E-state index in [0.29, 0.717) is 16.4 Å². The van der Waals surface area contributed by atoms with Gasteiger partial charge in [-0.2, -0.15) is 10.2 Å². The molecule has 0 saturated carbocycles. The molecule has 2 aromatic heterocycles. The number of carbonyl (C=O) groups is 1. The summed E-state index contributed by atoms with van der Waals surface area (Å²) in [4.78, 5) is 12.1. The molecule has 9 heteroatoms. The van der Waals surface area contributed by atoms with E-state index in [1.54, 1.807) is 23.7 Å². The fourth-order valence-corrected chi connectivity index (χ4v) is 2.57. The molecule has 2 N–H and O–H groups in total. The van der Waals surface area contributed by atoms with Crippen LogP contribution in [0.4, 0.5) is 10.2 Å². The lowest BCUT2D eigenvalue weighted by atomic mass is 10.2. The molecule has 0 fully saturated rings. The van der Waals surface area contributed by atoms with E-state index in [1.807, 2.05) is 0 Å². The minimum absolute atomic E-state index is 0.140. The van der Waals surface area contributed by atoms with Crippen LogP contribution in [0.5, 0.6) is 0 Å². The third kappa shape index (κ3) is 3.27. The molecular formula is C15H12Cl2FN5O. The number of benzene rings is 1. The van der Waals surface area contributed by atoms with Gasteiger partial charge in [0.1, 0.15) is 11.5 Å². The molecule has 1 aromatic carbocycles. The summed E-state index contributed by atoms with van der Waals surface area (Å²) in [6, 6.07) is 6.15. The lowest BCUT2D eigenvalue weighted by Crippen LogP contribution is -2.14. The lowest BCUT2D eigenvalue weighted by molar-refractivity contribution is 0.102. The minimum atomic E-state index is -0.467. The number of carbonyl (C=O) groups excluding carboxylic acids is 1. The van der Waals surface area contributed by atoms with Gasteiger partial charge in [-0.15, -0.1) is 0 Å². The van der Waals surface area contributed by atoms with Crippen LogP contribution < -0.4 is 5.32 Å². The molecule has 3 rings (SSSR count). The number of rotatable bonds is 4. The standard InChI is InChI=1S/C15H12Cl2FN5O/c1-8-5-13(20-15(24)14-11(17)6-19-21-14)22-23(8)7-9-10(16)3-2-4-12(9)18/h2-6H,7H2,1H3,(H,19,21)(H,20,22,24). The Morgan fingerprint density at radius 2 is 2.17 bits per heavy atom. The second kappa shape index (κ2) is 6.62. The van der Waals surface area contributed by atoms with Gasteiger partial charge in [0.05, 0.1) is 17.8 Å². The molecule has 0 spiro atoms. The molecule has 0 aliphatic carbocycles. The molecule has 124 valence electrons. The summed E-state index contributed by atoms with van der Waals surface area (Å²) in [5.41, 5.74) is 1.21. The number of H-pyrrole nitrogens is 1. The maximum atomic E-state index is 13.9. The minimum Gasteiger partial charge on any atom is -0.304 e. The zero-order valence-corrected chi connectivity index (χ0v) is 14.0. The van der Waals surface area contributed by atoms with E-state index < -0.39 is 11.7 Å². The number of aromatic nitrogens is 4. The third-order valence-corrected chi connectivity index (χ3v) is 4.05. The Hall–Kier alpha value is -2.38. The monoisotopic (exact) mass is 367 g/mol. The van der Waals surface area contributed by atoms with E-state index in [0.717, 1.165) is 5.69 Å². The van der Waals surface area contributed by atoms with Crippen molar-refractivity contribution in [3.8, 4) is 0 Å². The average molecular weight is 368 g/mol. The van der Waals surface area contributed by atoms with E-state index >= 15 is 0 Å². The zero-order valence-electron chi connectivity index (χ0n) is 12.5. The Morgan fingerprint density at radius 3 is 2.83 bits per heavy atom. The Morgan fingerprint density at radius 1 is 1.38 bits per heavy atom. The summed E-state index contributed by atoms with van der Waals surface area (Å²) < 4.78 is 15.4. The first-order chi connectivity index (χ1) is 11.5. The number of nitrogens with one attached hydrogen (secondary N) is 2. The molecule has 0 radical (unpaired) electrons.